The monoisotopic (exact) mass is 314 g/mol. The Morgan fingerprint density at radius 1 is 1.20 bits per heavy atom. The van der Waals surface area contributed by atoms with Crippen LogP contribution in [0.5, 0.6) is 0 Å². The molecule has 0 saturated heterocycles. The fourth-order valence-electron chi connectivity index (χ4n) is 1.84. The molecule has 100 valence electrons. The molecule has 2 rings (SSSR count). The molecule has 1 aromatic carbocycles. The van der Waals surface area contributed by atoms with Gasteiger partial charge in [0.25, 0.3) is 0 Å². The Balaban J connectivity index is 0.00000200. The normalized spacial score (nSPS) is 9.90. The van der Waals surface area contributed by atoms with Gasteiger partial charge in [0.2, 0.25) is 0 Å². The number of benzene rings is 1. The maximum Gasteiger partial charge on any atom is 1.00 e. The summed E-state index contributed by atoms with van der Waals surface area (Å²) in [4.78, 5) is 8.90. The Bertz CT molecular complexity index is 610. The van der Waals surface area contributed by atoms with Crippen molar-refractivity contribution < 1.29 is 51.4 Å². The summed E-state index contributed by atoms with van der Waals surface area (Å²) in [5.74, 6) is 0.868. The van der Waals surface area contributed by atoms with Gasteiger partial charge in [0.1, 0.15) is 11.6 Å². The van der Waals surface area contributed by atoms with Crippen LogP contribution >= 0.6 is 12.2 Å². The van der Waals surface area contributed by atoms with Gasteiger partial charge < -0.3 is 21.4 Å². The quantitative estimate of drug-likeness (QED) is 0.498. The van der Waals surface area contributed by atoms with Gasteiger partial charge in [-0.05, 0) is 29.9 Å². The third-order valence-electron chi connectivity index (χ3n) is 2.93. The van der Waals surface area contributed by atoms with E-state index < -0.39 is 0 Å². The number of anilines is 3. The third-order valence-corrected chi connectivity index (χ3v) is 3.12. The Kier molecular flexibility index (Phi) is 6.63. The smallest absolute Gasteiger partial charge is 0.385 e. The average molecular weight is 314 g/mol. The summed E-state index contributed by atoms with van der Waals surface area (Å²) in [6.07, 6.45) is 0.629. The van der Waals surface area contributed by atoms with Gasteiger partial charge >= 0.3 is 51.4 Å². The van der Waals surface area contributed by atoms with Crippen molar-refractivity contribution in [1.82, 2.24) is 9.97 Å². The second kappa shape index (κ2) is 7.53. The fraction of sp³-hybridized carbons (Fsp3) is 0.231. The number of H-pyrrole nitrogens is 1. The Labute approximate surface area is 166 Å². The van der Waals surface area contributed by atoms with Crippen molar-refractivity contribution in [3.05, 3.63) is 40.2 Å². The number of nitrogens with one attached hydrogen (secondary N) is 1. The summed E-state index contributed by atoms with van der Waals surface area (Å²) in [7, 11) is 4.01. The van der Waals surface area contributed by atoms with Crippen molar-refractivity contribution in [1.29, 1.82) is 0 Å². The molecule has 0 bridgehead atoms. The van der Waals surface area contributed by atoms with Crippen LogP contribution in [0.15, 0.2) is 24.3 Å². The molecule has 0 spiro atoms. The molecule has 0 aliphatic heterocycles. The topological polar surface area (TPSA) is 84.0 Å². The van der Waals surface area contributed by atoms with E-state index in [0.717, 1.165) is 16.8 Å². The van der Waals surface area contributed by atoms with Crippen LogP contribution < -0.4 is 67.8 Å². The maximum absolute atomic E-state index is 5.90. The van der Waals surface area contributed by atoms with Crippen LogP contribution in [0, 0.1) is 4.77 Å². The first kappa shape index (κ1) is 17.6. The average Bonchev–Trinajstić information content (AvgIpc) is 2.34. The number of nitrogen functional groups attached to an aromatic ring is 2. The van der Waals surface area contributed by atoms with Crippen LogP contribution in [-0.4, -0.2) is 24.1 Å². The number of nitrogens with zero attached hydrogens (tertiary/aromatic N) is 2. The van der Waals surface area contributed by atoms with Gasteiger partial charge in [0, 0.05) is 31.8 Å². The van der Waals surface area contributed by atoms with Crippen molar-refractivity contribution >= 4 is 29.5 Å². The summed E-state index contributed by atoms with van der Waals surface area (Å²) in [5.41, 5.74) is 14.8. The van der Waals surface area contributed by atoms with Crippen LogP contribution in [0.3, 0.4) is 0 Å². The molecule has 0 aliphatic carbocycles. The summed E-state index contributed by atoms with van der Waals surface area (Å²) in [6, 6.07) is 8.21. The Morgan fingerprint density at radius 3 is 2.30 bits per heavy atom. The first-order valence-electron chi connectivity index (χ1n) is 5.88. The number of hydrogen-bond acceptors (Lipinski definition) is 5. The molecular formula is C13H17KN5S+. The van der Waals surface area contributed by atoms with Crippen LogP contribution in [0.1, 0.15) is 11.1 Å². The molecule has 0 atom stereocenters. The predicted molar refractivity (Wildman–Crippen MR) is 81.8 cm³/mol. The van der Waals surface area contributed by atoms with Gasteiger partial charge in [-0.1, -0.05) is 12.1 Å². The van der Waals surface area contributed by atoms with Crippen molar-refractivity contribution in [3.8, 4) is 0 Å². The van der Waals surface area contributed by atoms with Gasteiger partial charge in [0.05, 0.1) is 0 Å². The van der Waals surface area contributed by atoms with E-state index in [9.17, 15) is 0 Å². The minimum absolute atomic E-state index is 0. The number of nitrogens with two attached hydrogens (primary N) is 2. The molecule has 0 fully saturated rings. The summed E-state index contributed by atoms with van der Waals surface area (Å²) in [5, 5.41) is 0. The second-order valence-electron chi connectivity index (χ2n) is 4.56. The first-order valence-corrected chi connectivity index (χ1v) is 6.28. The van der Waals surface area contributed by atoms with E-state index in [1.807, 2.05) is 19.0 Å². The minimum atomic E-state index is 0. The zero-order valence-corrected chi connectivity index (χ0v) is 15.9. The van der Waals surface area contributed by atoms with Gasteiger partial charge in [-0.15, -0.1) is 0 Å². The SMILES string of the molecule is CN(C)c1ccc(Cc2c(N)nc(=S)[nH]c2N)cc1.[K+]. The predicted octanol–water partition coefficient (Wildman–Crippen LogP) is -1.04. The van der Waals surface area contributed by atoms with E-state index in [1.54, 1.807) is 0 Å². The van der Waals surface area contributed by atoms with Crippen molar-refractivity contribution in [2.75, 3.05) is 30.5 Å². The maximum atomic E-state index is 5.90. The van der Waals surface area contributed by atoms with Crippen molar-refractivity contribution in [2.24, 2.45) is 0 Å². The summed E-state index contributed by atoms with van der Waals surface area (Å²) in [6.45, 7) is 0. The van der Waals surface area contributed by atoms with Gasteiger partial charge in [-0.25, -0.2) is 4.98 Å². The largest absolute Gasteiger partial charge is 1.00 e. The number of aromatic nitrogens is 2. The fourth-order valence-corrected chi connectivity index (χ4v) is 2.04. The van der Waals surface area contributed by atoms with Crippen molar-refractivity contribution in [3.63, 3.8) is 0 Å². The number of aromatic amines is 1. The molecule has 0 aliphatic rings. The Hall–Kier alpha value is -0.444. The van der Waals surface area contributed by atoms with Crippen LogP contribution in [0.25, 0.3) is 0 Å². The molecule has 0 amide bonds. The molecule has 0 radical (unpaired) electrons. The molecule has 0 saturated carbocycles. The van der Waals surface area contributed by atoms with Crippen molar-refractivity contribution in [2.45, 2.75) is 6.42 Å². The van der Waals surface area contributed by atoms with E-state index in [2.05, 4.69) is 34.2 Å². The summed E-state index contributed by atoms with van der Waals surface area (Å²) < 4.78 is 0.307. The number of rotatable bonds is 3. The zero-order chi connectivity index (χ0) is 14.0. The minimum Gasteiger partial charge on any atom is -0.385 e. The molecule has 0 unspecified atom stereocenters. The standard InChI is InChI=1S/C13H17N5S.K/c1-18(2)9-5-3-8(4-6-9)7-10-11(14)16-13(19)17-12(10)15;/h3-6H,7H2,1-2H3,(H5,14,15,16,17,19);/q;+1. The van der Waals surface area contributed by atoms with Gasteiger partial charge in [-0.2, -0.15) is 0 Å². The van der Waals surface area contributed by atoms with Crippen LogP contribution in [0.4, 0.5) is 17.3 Å². The van der Waals surface area contributed by atoms with Gasteiger partial charge in [-0.3, -0.25) is 0 Å². The Morgan fingerprint density at radius 2 is 1.80 bits per heavy atom. The molecule has 2 aromatic rings. The van der Waals surface area contributed by atoms with E-state index in [4.69, 9.17) is 23.7 Å². The van der Waals surface area contributed by atoms with E-state index in [1.165, 1.54) is 0 Å². The third kappa shape index (κ3) is 4.27. The molecule has 1 heterocycles. The second-order valence-corrected chi connectivity index (χ2v) is 4.94. The first-order chi connectivity index (χ1) is 8.97. The number of hydrogen-bond donors (Lipinski definition) is 3. The summed E-state index contributed by atoms with van der Waals surface area (Å²) >= 11 is 4.92. The van der Waals surface area contributed by atoms with Gasteiger partial charge in [0.15, 0.2) is 4.77 Å². The molecular weight excluding hydrogens is 297 g/mol. The van der Waals surface area contributed by atoms with E-state index in [-0.39, 0.29) is 51.4 Å². The van der Waals surface area contributed by atoms with Crippen LogP contribution in [-0.2, 0) is 6.42 Å². The van der Waals surface area contributed by atoms with E-state index >= 15 is 0 Å². The molecule has 1 aromatic heterocycles. The van der Waals surface area contributed by atoms with Crippen LogP contribution in [0.2, 0.25) is 0 Å². The van der Waals surface area contributed by atoms with E-state index in [0.29, 0.717) is 22.8 Å². The zero-order valence-electron chi connectivity index (χ0n) is 12.0. The molecule has 7 heteroatoms. The molecule has 20 heavy (non-hydrogen) atoms. The molecule has 5 N–H and O–H groups in total. The molecule has 5 nitrogen and oxygen atoms in total.